The van der Waals surface area contributed by atoms with E-state index in [-0.39, 0.29) is 12.8 Å². The normalized spacial score (nSPS) is 14.9. The maximum atomic E-state index is 12.4. The van der Waals surface area contributed by atoms with Crippen molar-refractivity contribution >= 4 is 25.7 Å². The van der Waals surface area contributed by atoms with Gasteiger partial charge in [0.05, 0.1) is 19.6 Å². The second-order valence-electron chi connectivity index (χ2n) is 15.5. The Kier molecular flexibility index (Phi) is 45.1. The van der Waals surface area contributed by atoms with Crippen molar-refractivity contribution in [3.05, 3.63) is 158 Å². The molecule has 0 aliphatic rings. The number of unbranched alkanes of at least 4 members (excludes halogenated alkanes) is 4. The molecule has 0 bridgehead atoms. The summed E-state index contributed by atoms with van der Waals surface area (Å²) in [7, 11) is -4.80. The number of rotatable bonds is 43. The number of hydrogen-bond acceptors (Lipinski definition) is 8. The van der Waals surface area contributed by atoms with Gasteiger partial charge in [0.15, 0.2) is 6.04 Å². The van der Waals surface area contributed by atoms with Gasteiger partial charge in [-0.3, -0.25) is 18.6 Å². The van der Waals surface area contributed by atoms with E-state index in [0.717, 1.165) is 103 Å². The van der Waals surface area contributed by atoms with Crippen molar-refractivity contribution in [2.24, 2.45) is 0 Å². The summed E-state index contributed by atoms with van der Waals surface area (Å²) >= 11 is 0. The molecule has 3 atom stereocenters. The summed E-state index contributed by atoms with van der Waals surface area (Å²) in [5.41, 5.74) is 0. The molecule has 0 aliphatic heterocycles. The van der Waals surface area contributed by atoms with Crippen molar-refractivity contribution in [2.75, 3.05) is 19.8 Å². The van der Waals surface area contributed by atoms with Crippen LogP contribution < -0.4 is 5.32 Å². The Labute approximate surface area is 409 Å². The first-order chi connectivity index (χ1) is 33.1. The molecule has 1 amide bonds. The van der Waals surface area contributed by atoms with Gasteiger partial charge < -0.3 is 25.2 Å². The minimum Gasteiger partial charge on any atom is -0.480 e. The molecule has 0 aromatic heterocycles. The lowest BCUT2D eigenvalue weighted by atomic mass is 10.1. The Hall–Kier alpha value is -4.90. The fourth-order valence-corrected chi connectivity index (χ4v) is 6.41. The number of aliphatic hydroxyl groups excluding tert-OH is 1. The van der Waals surface area contributed by atoms with Gasteiger partial charge in [-0.15, -0.1) is 0 Å². The predicted molar refractivity (Wildman–Crippen MR) is 281 cm³/mol. The van der Waals surface area contributed by atoms with Crippen molar-refractivity contribution in [1.29, 1.82) is 0 Å². The number of nitrogens with one attached hydrogen (secondary N) is 1. The fraction of sp³-hybridized carbons (Fsp3) is 0.482. The topological polar surface area (TPSA) is 169 Å². The third-order valence-corrected chi connectivity index (χ3v) is 10.3. The van der Waals surface area contributed by atoms with E-state index in [1.165, 1.54) is 0 Å². The predicted octanol–water partition coefficient (Wildman–Crippen LogP) is 13.7. The number of carboxylic acids is 1. The Morgan fingerprint density at radius 2 is 0.838 bits per heavy atom. The maximum absolute atomic E-state index is 12.4. The molecule has 3 unspecified atom stereocenters. The number of amides is 1. The van der Waals surface area contributed by atoms with Crippen LogP contribution in [0.5, 0.6) is 0 Å². The molecule has 0 saturated heterocycles. The number of esters is 1. The lowest BCUT2D eigenvalue weighted by Crippen LogP contribution is -2.43. The zero-order chi connectivity index (χ0) is 49.9. The number of carbonyl (C=O) groups is 3. The number of carbonyl (C=O) groups excluding carboxylic acids is 2. The van der Waals surface area contributed by atoms with Gasteiger partial charge in [-0.2, -0.15) is 0 Å². The lowest BCUT2D eigenvalue weighted by molar-refractivity contribution is -0.146. The molecule has 0 aliphatic carbocycles. The Balaban J connectivity index is 4.06. The number of carboxylic acid groups (broad SMARTS) is 1. The Bertz CT molecular complexity index is 1740. The summed E-state index contributed by atoms with van der Waals surface area (Å²) < 4.78 is 26.8. The van der Waals surface area contributed by atoms with Crippen LogP contribution in [0.15, 0.2) is 158 Å². The van der Waals surface area contributed by atoms with Gasteiger partial charge >= 0.3 is 19.8 Å². The van der Waals surface area contributed by atoms with Gasteiger partial charge in [-0.25, -0.2) is 9.36 Å². The van der Waals surface area contributed by atoms with E-state index < -0.39 is 57.6 Å². The molecular weight excluding hydrogens is 878 g/mol. The molecule has 0 saturated carbocycles. The highest BCUT2D eigenvalue weighted by Crippen LogP contribution is 2.43. The highest BCUT2D eigenvalue weighted by molar-refractivity contribution is 7.47. The molecule has 0 heterocycles. The number of phosphoric ester groups is 1. The van der Waals surface area contributed by atoms with Crippen LogP contribution >= 0.6 is 7.82 Å². The first kappa shape index (κ1) is 63.1. The van der Waals surface area contributed by atoms with Crippen LogP contribution in [0.3, 0.4) is 0 Å². The van der Waals surface area contributed by atoms with Gasteiger partial charge in [0.2, 0.25) is 5.91 Å². The first-order valence-corrected chi connectivity index (χ1v) is 26.0. The average molecular weight is 962 g/mol. The van der Waals surface area contributed by atoms with Crippen LogP contribution in [0.25, 0.3) is 0 Å². The molecule has 0 radical (unpaired) electrons. The fourth-order valence-electron chi connectivity index (χ4n) is 5.64. The molecule has 0 spiro atoms. The van der Waals surface area contributed by atoms with Crippen molar-refractivity contribution in [1.82, 2.24) is 5.32 Å². The standard InChI is InChI=1S/C56H84NO10P/c1-3-5-7-9-11-13-15-17-19-21-23-25-26-28-29-31-33-35-37-39-41-43-45-47-54(59)57-53(56(61)62)51-67-68(63,64)66-50-52(58)49-65-55(60)48-46-44-42-40-38-36-34-32-30-27-24-22-20-18-16-14-12-10-8-6-4-2/h5-8,11-14,17-20,23-25,27-29,32-35,38,40,44,46,52-53,58H,3-4,9-10,15-16,21-22,26,30-31,36-37,39,41-43,45,47-51H2,1-2H3,(H,57,59)(H,61,62)(H,63,64)/b7-5-,8-6-,13-11-,14-12-,19-17-,20-18-,25-23-,27-24-,29-28-,34-32-,35-33-,40-38-,46-44-. The largest absolute Gasteiger partial charge is 0.480 e. The number of aliphatic hydroxyl groups is 1. The lowest BCUT2D eigenvalue weighted by Gasteiger charge is -2.18. The van der Waals surface area contributed by atoms with Crippen LogP contribution in [-0.2, 0) is 32.7 Å². The Morgan fingerprint density at radius 3 is 1.24 bits per heavy atom. The second-order valence-corrected chi connectivity index (χ2v) is 17.0. The third kappa shape index (κ3) is 47.6. The smallest absolute Gasteiger partial charge is 0.472 e. The molecule has 0 aromatic carbocycles. The van der Waals surface area contributed by atoms with Gasteiger partial charge in [0, 0.05) is 6.42 Å². The number of aliphatic carboxylic acids is 1. The Morgan fingerprint density at radius 1 is 0.485 bits per heavy atom. The van der Waals surface area contributed by atoms with E-state index in [4.69, 9.17) is 13.8 Å². The first-order valence-electron chi connectivity index (χ1n) is 24.5. The zero-order valence-corrected chi connectivity index (χ0v) is 42.0. The quantitative estimate of drug-likeness (QED) is 0.0200. The van der Waals surface area contributed by atoms with E-state index in [0.29, 0.717) is 12.8 Å². The van der Waals surface area contributed by atoms with Crippen LogP contribution in [0, 0.1) is 0 Å². The van der Waals surface area contributed by atoms with Gasteiger partial charge in [0.25, 0.3) is 0 Å². The summed E-state index contributed by atoms with van der Waals surface area (Å²) in [5, 5.41) is 21.9. The molecule has 4 N–H and O–H groups in total. The summed E-state index contributed by atoms with van der Waals surface area (Å²) in [6, 6.07) is -1.59. The van der Waals surface area contributed by atoms with E-state index in [1.807, 2.05) is 18.2 Å². The molecule has 11 nitrogen and oxygen atoms in total. The van der Waals surface area contributed by atoms with Crippen LogP contribution in [-0.4, -0.2) is 64.9 Å². The van der Waals surface area contributed by atoms with Crippen LogP contribution in [0.4, 0.5) is 0 Å². The third-order valence-electron chi connectivity index (χ3n) is 9.35. The molecule has 378 valence electrons. The van der Waals surface area contributed by atoms with Gasteiger partial charge in [0.1, 0.15) is 12.7 Å². The van der Waals surface area contributed by atoms with Crippen LogP contribution in [0.1, 0.15) is 142 Å². The van der Waals surface area contributed by atoms with Gasteiger partial charge in [-0.1, -0.05) is 185 Å². The highest BCUT2D eigenvalue weighted by atomic mass is 31.2. The molecule has 12 heteroatoms. The molecule has 0 rings (SSSR count). The molecule has 0 aromatic rings. The monoisotopic (exact) mass is 962 g/mol. The number of hydrogen-bond donors (Lipinski definition) is 4. The summed E-state index contributed by atoms with van der Waals surface area (Å²) in [6.07, 6.45) is 70.0. The van der Waals surface area contributed by atoms with Crippen molar-refractivity contribution in [2.45, 2.75) is 154 Å². The van der Waals surface area contributed by atoms with E-state index in [9.17, 15) is 34.1 Å². The molecular formula is C56H84NO10P. The summed E-state index contributed by atoms with van der Waals surface area (Å²) in [6.45, 7) is 2.22. The molecule has 0 fully saturated rings. The number of phosphoric acid groups is 1. The zero-order valence-electron chi connectivity index (χ0n) is 41.1. The second kappa shape index (κ2) is 48.6. The number of allylic oxidation sites excluding steroid dienone is 25. The van der Waals surface area contributed by atoms with Crippen molar-refractivity contribution < 1.29 is 47.8 Å². The van der Waals surface area contributed by atoms with Gasteiger partial charge in [-0.05, 0) is 103 Å². The molecule has 68 heavy (non-hydrogen) atoms. The minimum atomic E-state index is -4.80. The highest BCUT2D eigenvalue weighted by Gasteiger charge is 2.28. The number of ether oxygens (including phenoxy) is 1. The maximum Gasteiger partial charge on any atom is 0.472 e. The van der Waals surface area contributed by atoms with E-state index >= 15 is 0 Å². The van der Waals surface area contributed by atoms with Crippen LogP contribution in [0.2, 0.25) is 0 Å². The SMILES string of the molecule is CC/C=C\C/C=C\C/C=C\C/C=C\C/C=C\C/C=C\C/C=C\CC(=O)OCC(O)COP(=O)(O)OCC(NC(=O)CCCCCC/C=C\C/C=C\C/C=C\C/C=C\C/C=C\C/C=C\CC)C(=O)O. The summed E-state index contributed by atoms with van der Waals surface area (Å²) in [5.74, 6) is -2.58. The van der Waals surface area contributed by atoms with E-state index in [2.05, 4.69) is 153 Å². The average Bonchev–Trinajstić information content (AvgIpc) is 3.32. The van der Waals surface area contributed by atoms with E-state index in [1.54, 1.807) is 6.08 Å². The summed E-state index contributed by atoms with van der Waals surface area (Å²) in [4.78, 5) is 46.0. The van der Waals surface area contributed by atoms with Crippen molar-refractivity contribution in [3.63, 3.8) is 0 Å². The minimum absolute atomic E-state index is 0.0227. The van der Waals surface area contributed by atoms with Crippen molar-refractivity contribution in [3.8, 4) is 0 Å².